The van der Waals surface area contributed by atoms with E-state index in [0.717, 1.165) is 36.8 Å². The molecule has 1 aromatic carbocycles. The second-order valence-corrected chi connectivity index (χ2v) is 5.98. The van der Waals surface area contributed by atoms with Crippen LogP contribution in [0.2, 0.25) is 10.0 Å². The van der Waals surface area contributed by atoms with Crippen molar-refractivity contribution in [3.05, 3.63) is 39.9 Å². The summed E-state index contributed by atoms with van der Waals surface area (Å²) in [4.78, 5) is 4.62. The fourth-order valence-electron chi connectivity index (χ4n) is 2.49. The van der Waals surface area contributed by atoms with E-state index >= 15 is 0 Å². The molecule has 0 aliphatic carbocycles. The lowest BCUT2D eigenvalue weighted by Crippen LogP contribution is -2.08. The van der Waals surface area contributed by atoms with E-state index in [-0.39, 0.29) is 6.10 Å². The molecule has 1 aliphatic rings. The Morgan fingerprint density at radius 1 is 1.41 bits per heavy atom. The molecule has 1 aromatic heterocycles. The molecular formula is C15H17Cl2N3O2. The van der Waals surface area contributed by atoms with Crippen LogP contribution in [-0.2, 0) is 15.9 Å². The molecule has 22 heavy (non-hydrogen) atoms. The number of ether oxygens (including phenoxy) is 2. The maximum absolute atomic E-state index is 6.32. The van der Waals surface area contributed by atoms with Gasteiger partial charge in [-0.05, 0) is 31.0 Å². The smallest absolute Gasteiger partial charge is 0.161 e. The molecule has 5 nitrogen and oxygen atoms in total. The average molecular weight is 342 g/mol. The van der Waals surface area contributed by atoms with E-state index in [1.54, 1.807) is 23.9 Å². The zero-order valence-corrected chi connectivity index (χ0v) is 13.8. The van der Waals surface area contributed by atoms with Gasteiger partial charge in [0.1, 0.15) is 6.10 Å². The van der Waals surface area contributed by atoms with Gasteiger partial charge in [-0.2, -0.15) is 5.10 Å². The number of rotatable bonds is 5. The summed E-state index contributed by atoms with van der Waals surface area (Å²) in [6.45, 7) is 1.32. The van der Waals surface area contributed by atoms with Gasteiger partial charge in [0.25, 0.3) is 0 Å². The molecule has 7 heteroatoms. The molecule has 0 radical (unpaired) electrons. The maximum atomic E-state index is 6.32. The molecule has 0 N–H and O–H groups in total. The average Bonchev–Trinajstić information content (AvgIpc) is 3.14. The summed E-state index contributed by atoms with van der Waals surface area (Å²) in [5, 5.41) is 5.70. The largest absolute Gasteiger partial charge is 0.384 e. The minimum atomic E-state index is -0.0458. The molecule has 1 atom stereocenters. The number of nitrogens with zero attached hydrogens (tertiary/aromatic N) is 3. The Morgan fingerprint density at radius 3 is 2.95 bits per heavy atom. The Balaban J connectivity index is 2.01. The molecular weight excluding hydrogens is 325 g/mol. The number of methoxy groups -OCH3 is 1. The van der Waals surface area contributed by atoms with Crippen molar-refractivity contribution in [1.29, 1.82) is 0 Å². The summed E-state index contributed by atoms with van der Waals surface area (Å²) < 4.78 is 12.6. The molecule has 0 unspecified atom stereocenters. The standard InChI is InChI=1S/C15H17Cl2N3O2/c1-21-8-6-14-18-15(13-3-2-7-22-13)20(19-14)12-5-4-10(16)9-11(12)17/h4-5,9,13H,2-3,6-8H2,1H3/t13-/m1/s1. The lowest BCUT2D eigenvalue weighted by Gasteiger charge is -2.12. The van der Waals surface area contributed by atoms with Gasteiger partial charge in [0, 0.05) is 25.2 Å². The Kier molecular flexibility index (Phi) is 4.98. The normalized spacial score (nSPS) is 18.0. The van der Waals surface area contributed by atoms with Crippen LogP contribution in [0.25, 0.3) is 5.69 Å². The van der Waals surface area contributed by atoms with E-state index in [2.05, 4.69) is 10.1 Å². The van der Waals surface area contributed by atoms with Gasteiger partial charge in [-0.25, -0.2) is 9.67 Å². The highest BCUT2D eigenvalue weighted by Crippen LogP contribution is 2.31. The first-order chi connectivity index (χ1) is 10.7. The van der Waals surface area contributed by atoms with E-state index in [1.165, 1.54) is 0 Å². The topological polar surface area (TPSA) is 49.2 Å². The monoisotopic (exact) mass is 341 g/mol. The predicted octanol–water partition coefficient (Wildman–Crippen LogP) is 3.61. The summed E-state index contributed by atoms with van der Waals surface area (Å²) in [6.07, 6.45) is 2.57. The van der Waals surface area contributed by atoms with Crippen molar-refractivity contribution in [2.24, 2.45) is 0 Å². The minimum Gasteiger partial charge on any atom is -0.384 e. The first-order valence-electron chi connectivity index (χ1n) is 7.21. The summed E-state index contributed by atoms with van der Waals surface area (Å²) in [5.41, 5.74) is 0.757. The van der Waals surface area contributed by atoms with Crippen LogP contribution in [0.15, 0.2) is 18.2 Å². The zero-order chi connectivity index (χ0) is 15.5. The van der Waals surface area contributed by atoms with Gasteiger partial charge in [0.2, 0.25) is 0 Å². The van der Waals surface area contributed by atoms with Crippen LogP contribution in [0, 0.1) is 0 Å². The van der Waals surface area contributed by atoms with E-state index < -0.39 is 0 Å². The van der Waals surface area contributed by atoms with Crippen LogP contribution in [0.5, 0.6) is 0 Å². The van der Waals surface area contributed by atoms with Gasteiger partial charge in [0.15, 0.2) is 11.6 Å². The number of aromatic nitrogens is 3. The van der Waals surface area contributed by atoms with Crippen molar-refractivity contribution in [2.45, 2.75) is 25.4 Å². The quantitative estimate of drug-likeness (QED) is 0.833. The van der Waals surface area contributed by atoms with Gasteiger partial charge >= 0.3 is 0 Å². The Labute approximate surface area is 139 Å². The summed E-state index contributed by atoms with van der Waals surface area (Å²) in [7, 11) is 1.66. The van der Waals surface area contributed by atoms with Crippen LogP contribution in [0.1, 0.15) is 30.6 Å². The molecule has 0 bridgehead atoms. The van der Waals surface area contributed by atoms with Crippen molar-refractivity contribution in [3.63, 3.8) is 0 Å². The number of hydrogen-bond acceptors (Lipinski definition) is 4. The van der Waals surface area contributed by atoms with E-state index in [9.17, 15) is 0 Å². The first kappa shape index (κ1) is 15.7. The van der Waals surface area contributed by atoms with E-state index in [0.29, 0.717) is 23.1 Å². The van der Waals surface area contributed by atoms with E-state index in [4.69, 9.17) is 32.7 Å². The molecule has 2 heterocycles. The van der Waals surface area contributed by atoms with Crippen molar-refractivity contribution >= 4 is 23.2 Å². The molecule has 2 aromatic rings. The maximum Gasteiger partial charge on any atom is 0.161 e. The molecule has 1 saturated heterocycles. The Hall–Kier alpha value is -1.14. The highest BCUT2D eigenvalue weighted by molar-refractivity contribution is 6.35. The third-order valence-corrected chi connectivity index (χ3v) is 4.10. The third-order valence-electron chi connectivity index (χ3n) is 3.56. The van der Waals surface area contributed by atoms with Crippen LogP contribution in [-0.4, -0.2) is 35.1 Å². The summed E-state index contributed by atoms with van der Waals surface area (Å²) in [6, 6.07) is 5.34. The number of halogens is 2. The van der Waals surface area contributed by atoms with Crippen LogP contribution < -0.4 is 0 Å². The molecule has 1 aliphatic heterocycles. The third kappa shape index (κ3) is 3.27. The fraction of sp³-hybridized carbons (Fsp3) is 0.467. The number of benzene rings is 1. The van der Waals surface area contributed by atoms with Crippen molar-refractivity contribution < 1.29 is 9.47 Å². The molecule has 0 amide bonds. The van der Waals surface area contributed by atoms with Crippen LogP contribution in [0.3, 0.4) is 0 Å². The summed E-state index contributed by atoms with van der Waals surface area (Å²) >= 11 is 12.3. The first-order valence-corrected chi connectivity index (χ1v) is 7.96. The van der Waals surface area contributed by atoms with Gasteiger partial charge in [-0.15, -0.1) is 0 Å². The predicted molar refractivity (Wildman–Crippen MR) is 84.9 cm³/mol. The molecule has 118 valence electrons. The summed E-state index contributed by atoms with van der Waals surface area (Å²) in [5.74, 6) is 1.51. The molecule has 0 spiro atoms. The van der Waals surface area contributed by atoms with Crippen molar-refractivity contribution in [1.82, 2.24) is 14.8 Å². The van der Waals surface area contributed by atoms with E-state index in [1.807, 2.05) is 6.07 Å². The highest BCUT2D eigenvalue weighted by Gasteiger charge is 2.26. The Morgan fingerprint density at radius 2 is 2.27 bits per heavy atom. The van der Waals surface area contributed by atoms with Gasteiger partial charge < -0.3 is 9.47 Å². The van der Waals surface area contributed by atoms with Gasteiger partial charge in [-0.3, -0.25) is 0 Å². The number of hydrogen-bond donors (Lipinski definition) is 0. The van der Waals surface area contributed by atoms with Gasteiger partial charge in [-0.1, -0.05) is 23.2 Å². The lowest BCUT2D eigenvalue weighted by atomic mass is 10.2. The SMILES string of the molecule is COCCc1nc([C@H]2CCCO2)n(-c2ccc(Cl)cc2Cl)n1. The van der Waals surface area contributed by atoms with Crippen molar-refractivity contribution in [3.8, 4) is 5.69 Å². The van der Waals surface area contributed by atoms with Crippen LogP contribution in [0.4, 0.5) is 0 Å². The van der Waals surface area contributed by atoms with Crippen LogP contribution >= 0.6 is 23.2 Å². The Bertz CT molecular complexity index is 654. The lowest BCUT2D eigenvalue weighted by molar-refractivity contribution is 0.103. The molecule has 1 fully saturated rings. The van der Waals surface area contributed by atoms with Gasteiger partial charge in [0.05, 0.1) is 17.3 Å². The zero-order valence-electron chi connectivity index (χ0n) is 12.3. The molecule has 3 rings (SSSR count). The second-order valence-electron chi connectivity index (χ2n) is 5.14. The minimum absolute atomic E-state index is 0.0458. The second kappa shape index (κ2) is 6.96. The molecule has 0 saturated carbocycles. The fourth-order valence-corrected chi connectivity index (χ4v) is 2.98. The van der Waals surface area contributed by atoms with Crippen molar-refractivity contribution in [2.75, 3.05) is 20.3 Å². The highest BCUT2D eigenvalue weighted by atomic mass is 35.5.